The van der Waals surface area contributed by atoms with E-state index in [0.717, 1.165) is 15.5 Å². The van der Waals surface area contributed by atoms with Crippen molar-refractivity contribution in [2.24, 2.45) is 5.41 Å². The molecule has 2 aromatic carbocycles. The molecule has 248 valence electrons. The second-order valence-corrected chi connectivity index (χ2v) is 16.4. The van der Waals surface area contributed by atoms with Crippen molar-refractivity contribution >= 4 is 70.6 Å². The van der Waals surface area contributed by atoms with Gasteiger partial charge in [0.15, 0.2) is 25.7 Å². The Bertz CT molecular complexity index is 2390. The number of nitrogen functional groups attached to an aromatic ring is 1. The molecule has 7 rings (SSSR count). The Labute approximate surface area is 285 Å². The van der Waals surface area contributed by atoms with E-state index in [1.807, 2.05) is 19.9 Å². The van der Waals surface area contributed by atoms with E-state index < -0.39 is 26.1 Å². The predicted octanol–water partition coefficient (Wildman–Crippen LogP) is 5.71. The Hall–Kier alpha value is -4.33. The van der Waals surface area contributed by atoms with E-state index in [1.165, 1.54) is 23.5 Å². The van der Waals surface area contributed by atoms with Gasteiger partial charge in [-0.3, -0.25) is 19.1 Å². The molecule has 5 aromatic rings. The van der Waals surface area contributed by atoms with Crippen LogP contribution in [0.2, 0.25) is 5.02 Å². The van der Waals surface area contributed by atoms with Crippen LogP contribution in [-0.2, 0) is 14.6 Å². The number of hydrogen-bond donors (Lipinski definition) is 1. The van der Waals surface area contributed by atoms with Crippen LogP contribution in [0.25, 0.3) is 37.9 Å². The molecule has 1 amide bonds. The van der Waals surface area contributed by atoms with Gasteiger partial charge in [-0.1, -0.05) is 55.5 Å². The van der Waals surface area contributed by atoms with Crippen molar-refractivity contribution in [3.8, 4) is 16.8 Å². The lowest BCUT2D eigenvalue weighted by Crippen LogP contribution is -2.73. The molecule has 2 N–H and O–H groups in total. The van der Waals surface area contributed by atoms with Crippen molar-refractivity contribution in [3.63, 3.8) is 0 Å². The van der Waals surface area contributed by atoms with Crippen molar-refractivity contribution in [2.45, 2.75) is 31.6 Å². The van der Waals surface area contributed by atoms with Crippen LogP contribution in [-0.4, -0.2) is 66.2 Å². The Morgan fingerprint density at radius 1 is 1.19 bits per heavy atom. The number of amides is 1. The monoisotopic (exact) mass is 706 g/mol. The van der Waals surface area contributed by atoms with Crippen molar-refractivity contribution in [2.75, 3.05) is 43.1 Å². The number of sulfone groups is 1. The summed E-state index contributed by atoms with van der Waals surface area (Å²) in [6, 6.07) is 8.49. The number of aryl methyl sites for hydroxylation is 1. The van der Waals surface area contributed by atoms with Gasteiger partial charge in [0, 0.05) is 60.6 Å². The zero-order chi connectivity index (χ0) is 34.4. The molecule has 2 aliphatic rings. The zero-order valence-corrected chi connectivity index (χ0v) is 29.1. The van der Waals surface area contributed by atoms with Crippen LogP contribution in [0.1, 0.15) is 31.0 Å². The smallest absolute Gasteiger partial charge is 0.276 e. The summed E-state index contributed by atoms with van der Waals surface area (Å²) >= 11 is 8.21. The van der Waals surface area contributed by atoms with Crippen molar-refractivity contribution < 1.29 is 17.6 Å². The van der Waals surface area contributed by atoms with Gasteiger partial charge in [-0.2, -0.15) is 0 Å². The summed E-state index contributed by atoms with van der Waals surface area (Å²) in [6.07, 6.45) is 3.84. The van der Waals surface area contributed by atoms with E-state index in [2.05, 4.69) is 16.5 Å². The standard InChI is InChI=1S/C34H32ClFN6O4S2/c1-6-23(43)40-13-34(14-40)15-41(16-34)30-20-12-21(35)24(19-8-7-9-22-27(19)39-33(37)47-22)25(36)29(20)42(32(44)31(30)48(5,45)46)28-18(4)10-11-38-26(28)17(2)3/h6-12,17H,1,13-16H2,2-5H3,(H2,37,39). The van der Waals surface area contributed by atoms with E-state index in [-0.39, 0.29) is 44.4 Å². The van der Waals surface area contributed by atoms with Gasteiger partial charge in [-0.05, 0) is 42.7 Å². The molecule has 2 fully saturated rings. The Morgan fingerprint density at radius 3 is 2.54 bits per heavy atom. The molecule has 48 heavy (non-hydrogen) atoms. The number of fused-ring (bicyclic) bond motifs is 2. The van der Waals surface area contributed by atoms with Crippen LogP contribution in [0.3, 0.4) is 0 Å². The third-order valence-corrected chi connectivity index (χ3v) is 11.4. The molecular formula is C34H32ClFN6O4S2. The van der Waals surface area contributed by atoms with Crippen LogP contribution in [0.15, 0.2) is 58.9 Å². The minimum atomic E-state index is -4.18. The second-order valence-electron chi connectivity index (χ2n) is 13.0. The highest BCUT2D eigenvalue weighted by atomic mass is 35.5. The van der Waals surface area contributed by atoms with Crippen LogP contribution in [0, 0.1) is 18.2 Å². The maximum atomic E-state index is 17.6. The number of nitrogens with zero attached hydrogens (tertiary/aromatic N) is 5. The largest absolute Gasteiger partial charge is 0.375 e. The first-order valence-corrected chi connectivity index (χ1v) is 18.3. The number of para-hydroxylation sites is 1. The van der Waals surface area contributed by atoms with E-state index >= 15 is 4.39 Å². The van der Waals surface area contributed by atoms with Crippen LogP contribution >= 0.6 is 22.9 Å². The van der Waals surface area contributed by atoms with Gasteiger partial charge in [-0.15, -0.1) is 0 Å². The Balaban J connectivity index is 1.58. The summed E-state index contributed by atoms with van der Waals surface area (Å²) in [5, 5.41) is 0.478. The molecule has 14 heteroatoms. The van der Waals surface area contributed by atoms with Gasteiger partial charge >= 0.3 is 0 Å². The molecule has 1 spiro atoms. The van der Waals surface area contributed by atoms with Gasteiger partial charge < -0.3 is 15.5 Å². The number of benzene rings is 2. The number of likely N-dealkylation sites (tertiary alicyclic amines) is 1. The number of aromatic nitrogens is 3. The molecule has 2 saturated heterocycles. The Kier molecular flexibility index (Phi) is 7.46. The van der Waals surface area contributed by atoms with Crippen LogP contribution in [0.5, 0.6) is 0 Å². The lowest BCUT2D eigenvalue weighted by atomic mass is 9.72. The van der Waals surface area contributed by atoms with E-state index in [4.69, 9.17) is 17.3 Å². The first-order chi connectivity index (χ1) is 22.7. The predicted molar refractivity (Wildman–Crippen MR) is 189 cm³/mol. The number of carbonyl (C=O) groups is 1. The molecule has 0 aliphatic carbocycles. The van der Waals surface area contributed by atoms with Gasteiger partial charge in [0.25, 0.3) is 5.56 Å². The minimum Gasteiger partial charge on any atom is -0.375 e. The summed E-state index contributed by atoms with van der Waals surface area (Å²) in [7, 11) is -4.18. The fourth-order valence-electron chi connectivity index (χ4n) is 7.17. The minimum absolute atomic E-state index is 0.0107. The SMILES string of the molecule is C=CC(=O)N1CC2(C1)CN(c1c(S(C)(=O)=O)c(=O)n(-c3c(C)ccnc3C(C)C)c3c(F)c(-c4cccc5sc(N)nc45)c(Cl)cc13)C2. The highest BCUT2D eigenvalue weighted by Gasteiger charge is 2.54. The molecular weight excluding hydrogens is 675 g/mol. The number of rotatable bonds is 6. The zero-order valence-electron chi connectivity index (χ0n) is 26.7. The van der Waals surface area contributed by atoms with Gasteiger partial charge in [-0.25, -0.2) is 17.8 Å². The average Bonchev–Trinajstić information content (AvgIpc) is 3.36. The summed E-state index contributed by atoms with van der Waals surface area (Å²) in [5.41, 5.74) is 7.07. The molecule has 0 bridgehead atoms. The van der Waals surface area contributed by atoms with E-state index in [1.54, 1.807) is 41.1 Å². The molecule has 0 radical (unpaired) electrons. The van der Waals surface area contributed by atoms with Crippen molar-refractivity contribution in [3.05, 3.63) is 81.6 Å². The third kappa shape index (κ3) is 4.81. The second kappa shape index (κ2) is 11.1. The highest BCUT2D eigenvalue weighted by Crippen LogP contribution is 2.48. The van der Waals surface area contributed by atoms with E-state index in [9.17, 15) is 18.0 Å². The maximum Gasteiger partial charge on any atom is 0.276 e. The summed E-state index contributed by atoms with van der Waals surface area (Å²) in [4.78, 5) is 38.9. The third-order valence-electron chi connectivity index (χ3n) is 9.19. The summed E-state index contributed by atoms with van der Waals surface area (Å²) in [5.74, 6) is -1.19. The molecule has 5 heterocycles. The first kappa shape index (κ1) is 32.2. The fraction of sp³-hybridized carbons (Fsp3) is 0.294. The van der Waals surface area contributed by atoms with Gasteiger partial charge in [0.1, 0.15) is 0 Å². The average molecular weight is 707 g/mol. The number of pyridine rings is 2. The topological polar surface area (TPSA) is 131 Å². The van der Waals surface area contributed by atoms with Crippen LogP contribution < -0.4 is 16.2 Å². The quantitative estimate of drug-likeness (QED) is 0.222. The number of carbonyl (C=O) groups excluding carboxylic acids is 1. The number of thiazole rings is 1. The lowest BCUT2D eigenvalue weighted by molar-refractivity contribution is -0.139. The molecule has 2 aliphatic heterocycles. The Morgan fingerprint density at radius 2 is 1.90 bits per heavy atom. The molecule has 10 nitrogen and oxygen atoms in total. The highest BCUT2D eigenvalue weighted by molar-refractivity contribution is 7.90. The normalized spacial score (nSPS) is 15.7. The van der Waals surface area contributed by atoms with Gasteiger partial charge in [0.05, 0.1) is 37.8 Å². The molecule has 0 atom stereocenters. The van der Waals surface area contributed by atoms with Gasteiger partial charge in [0.2, 0.25) is 5.91 Å². The first-order valence-electron chi connectivity index (χ1n) is 15.2. The number of halogens is 2. The number of nitrogens with two attached hydrogens (primary N) is 1. The summed E-state index contributed by atoms with van der Waals surface area (Å²) in [6.45, 7) is 10.8. The van der Waals surface area contributed by atoms with Crippen LogP contribution in [0.4, 0.5) is 15.2 Å². The summed E-state index contributed by atoms with van der Waals surface area (Å²) < 4.78 is 46.7. The number of hydrogen-bond acceptors (Lipinski definition) is 9. The van der Waals surface area contributed by atoms with Crippen molar-refractivity contribution in [1.82, 2.24) is 19.4 Å². The molecule has 0 saturated carbocycles. The number of anilines is 2. The van der Waals surface area contributed by atoms with Crippen molar-refractivity contribution in [1.29, 1.82) is 0 Å². The lowest BCUT2D eigenvalue weighted by Gasteiger charge is -2.61. The van der Waals surface area contributed by atoms with E-state index in [0.29, 0.717) is 59.3 Å². The maximum absolute atomic E-state index is 17.6. The molecule has 3 aromatic heterocycles. The molecule has 0 unspecified atom stereocenters. The fourth-order valence-corrected chi connectivity index (χ4v) is 9.22.